The van der Waals surface area contributed by atoms with E-state index in [2.05, 4.69) is 4.98 Å². The van der Waals surface area contributed by atoms with Crippen molar-refractivity contribution in [3.05, 3.63) is 46.0 Å². The molecule has 29 heavy (non-hydrogen) atoms. The van der Waals surface area contributed by atoms with Crippen molar-refractivity contribution in [3.8, 4) is 0 Å². The molecule has 4 rings (SSSR count). The SMILES string of the molecule is Cc1cccc2nc(COC(=O)[C@H](C)N3C(=O)C4CCCCC4C3=O)cc(=O)n12. The number of fused-ring (bicyclic) bond motifs is 2. The average molecular weight is 397 g/mol. The van der Waals surface area contributed by atoms with Crippen molar-refractivity contribution in [2.75, 3.05) is 0 Å². The van der Waals surface area contributed by atoms with Crippen LogP contribution in [0.5, 0.6) is 0 Å². The predicted molar refractivity (Wildman–Crippen MR) is 103 cm³/mol. The molecule has 2 aromatic rings. The summed E-state index contributed by atoms with van der Waals surface area (Å²) in [6.07, 6.45) is 3.24. The number of likely N-dealkylation sites (tertiary alicyclic amines) is 1. The minimum atomic E-state index is -0.996. The fourth-order valence-corrected chi connectivity index (χ4v) is 4.38. The molecule has 2 amide bonds. The van der Waals surface area contributed by atoms with Crippen LogP contribution in [0.4, 0.5) is 0 Å². The van der Waals surface area contributed by atoms with E-state index in [1.807, 2.05) is 0 Å². The van der Waals surface area contributed by atoms with Gasteiger partial charge in [-0.2, -0.15) is 0 Å². The van der Waals surface area contributed by atoms with E-state index in [9.17, 15) is 19.2 Å². The molecule has 8 heteroatoms. The molecule has 2 aromatic heterocycles. The molecule has 1 aliphatic heterocycles. The predicted octanol–water partition coefficient (Wildman–Crippen LogP) is 1.61. The summed E-state index contributed by atoms with van der Waals surface area (Å²) in [5, 5.41) is 0. The van der Waals surface area contributed by atoms with Crippen LogP contribution in [0.1, 0.15) is 44.0 Å². The third-order valence-corrected chi connectivity index (χ3v) is 5.90. The second kappa shape index (κ2) is 7.42. The number of esters is 1. The Morgan fingerprint density at radius 3 is 2.48 bits per heavy atom. The maximum absolute atomic E-state index is 12.6. The van der Waals surface area contributed by atoms with E-state index in [0.29, 0.717) is 24.2 Å². The number of rotatable bonds is 4. The summed E-state index contributed by atoms with van der Waals surface area (Å²) in [5.41, 5.74) is 1.27. The first-order valence-electron chi connectivity index (χ1n) is 9.90. The lowest BCUT2D eigenvalue weighted by atomic mass is 9.81. The molecule has 0 bridgehead atoms. The molecule has 152 valence electrons. The number of carbonyl (C=O) groups excluding carboxylic acids is 3. The number of ether oxygens (including phenoxy) is 1. The normalized spacial score (nSPS) is 22.6. The van der Waals surface area contributed by atoms with Gasteiger partial charge in [-0.15, -0.1) is 0 Å². The summed E-state index contributed by atoms with van der Waals surface area (Å²) < 4.78 is 6.76. The topological polar surface area (TPSA) is 98.0 Å². The first-order chi connectivity index (χ1) is 13.9. The van der Waals surface area contributed by atoms with Gasteiger partial charge in [0, 0.05) is 11.8 Å². The molecule has 3 atom stereocenters. The van der Waals surface area contributed by atoms with Gasteiger partial charge in [-0.05, 0) is 38.8 Å². The third-order valence-electron chi connectivity index (χ3n) is 5.90. The van der Waals surface area contributed by atoms with Gasteiger partial charge in [0.2, 0.25) is 11.8 Å². The van der Waals surface area contributed by atoms with Crippen molar-refractivity contribution in [2.45, 2.75) is 52.2 Å². The van der Waals surface area contributed by atoms with Crippen LogP contribution in [0.3, 0.4) is 0 Å². The molecular weight excluding hydrogens is 374 g/mol. The number of imide groups is 1. The highest BCUT2D eigenvalue weighted by Crippen LogP contribution is 2.38. The van der Waals surface area contributed by atoms with E-state index in [1.165, 1.54) is 17.4 Å². The quantitative estimate of drug-likeness (QED) is 0.574. The van der Waals surface area contributed by atoms with Gasteiger partial charge in [0.15, 0.2) is 0 Å². The van der Waals surface area contributed by atoms with E-state index >= 15 is 0 Å². The smallest absolute Gasteiger partial charge is 0.329 e. The fourth-order valence-electron chi connectivity index (χ4n) is 4.38. The Labute approximate surface area is 167 Å². The van der Waals surface area contributed by atoms with Crippen molar-refractivity contribution in [1.29, 1.82) is 0 Å². The van der Waals surface area contributed by atoms with E-state index in [4.69, 9.17) is 4.74 Å². The first-order valence-corrected chi connectivity index (χ1v) is 9.90. The lowest BCUT2D eigenvalue weighted by molar-refractivity contribution is -0.159. The lowest BCUT2D eigenvalue weighted by Gasteiger charge is -2.21. The highest BCUT2D eigenvalue weighted by atomic mass is 16.5. The summed E-state index contributed by atoms with van der Waals surface area (Å²) in [6, 6.07) is 5.62. The fraction of sp³-hybridized carbons (Fsp3) is 0.476. The van der Waals surface area contributed by atoms with Gasteiger partial charge in [0.1, 0.15) is 18.3 Å². The summed E-state index contributed by atoms with van der Waals surface area (Å²) in [7, 11) is 0. The number of hydrogen-bond acceptors (Lipinski definition) is 6. The van der Waals surface area contributed by atoms with Crippen LogP contribution in [0.15, 0.2) is 29.1 Å². The highest BCUT2D eigenvalue weighted by Gasteiger charge is 2.51. The molecule has 3 heterocycles. The summed E-state index contributed by atoms with van der Waals surface area (Å²) in [6.45, 7) is 3.10. The minimum absolute atomic E-state index is 0.202. The standard InChI is InChI=1S/C21H23N3O5/c1-12-6-5-9-17-22-14(10-18(25)23(12)17)11-29-21(28)13(2)24-19(26)15-7-3-4-8-16(15)20(24)27/h5-6,9-10,13,15-16H,3-4,7-8,11H2,1-2H3/t13-,15?,16?/m0/s1. The van der Waals surface area contributed by atoms with Crippen molar-refractivity contribution in [2.24, 2.45) is 11.8 Å². The van der Waals surface area contributed by atoms with Gasteiger partial charge in [-0.1, -0.05) is 18.9 Å². The maximum Gasteiger partial charge on any atom is 0.329 e. The molecule has 0 radical (unpaired) electrons. The van der Waals surface area contributed by atoms with E-state index in [0.717, 1.165) is 23.4 Å². The zero-order valence-corrected chi connectivity index (χ0v) is 16.5. The molecule has 0 N–H and O–H groups in total. The highest BCUT2D eigenvalue weighted by molar-refractivity contribution is 6.07. The van der Waals surface area contributed by atoms with Gasteiger partial charge in [-0.25, -0.2) is 9.78 Å². The summed E-state index contributed by atoms with van der Waals surface area (Å²) in [4.78, 5) is 55.5. The zero-order valence-electron chi connectivity index (χ0n) is 16.5. The number of pyridine rings is 1. The Bertz CT molecular complexity index is 1040. The van der Waals surface area contributed by atoms with Crippen LogP contribution in [-0.4, -0.2) is 38.1 Å². The second-order valence-electron chi connectivity index (χ2n) is 7.77. The number of hydrogen-bond donors (Lipinski definition) is 0. The Morgan fingerprint density at radius 2 is 1.83 bits per heavy atom. The van der Waals surface area contributed by atoms with E-state index in [-0.39, 0.29) is 35.8 Å². The summed E-state index contributed by atoms with van der Waals surface area (Å²) in [5.74, 6) is -1.85. The third kappa shape index (κ3) is 3.32. The number of aromatic nitrogens is 2. The van der Waals surface area contributed by atoms with Crippen molar-refractivity contribution in [1.82, 2.24) is 14.3 Å². The Hall–Kier alpha value is -3.03. The molecule has 1 saturated heterocycles. The molecule has 0 aromatic carbocycles. The second-order valence-corrected chi connectivity index (χ2v) is 7.77. The van der Waals surface area contributed by atoms with E-state index in [1.54, 1.807) is 25.1 Å². The van der Waals surface area contributed by atoms with Crippen molar-refractivity contribution in [3.63, 3.8) is 0 Å². The number of aryl methyl sites for hydroxylation is 1. The van der Waals surface area contributed by atoms with Crippen LogP contribution in [0.2, 0.25) is 0 Å². The summed E-state index contributed by atoms with van der Waals surface area (Å²) >= 11 is 0. The van der Waals surface area contributed by atoms with Gasteiger partial charge >= 0.3 is 5.97 Å². The molecule has 1 saturated carbocycles. The molecule has 2 fully saturated rings. The van der Waals surface area contributed by atoms with Crippen molar-refractivity contribution < 1.29 is 19.1 Å². The number of nitrogens with zero attached hydrogens (tertiary/aromatic N) is 3. The Kier molecular flexibility index (Phi) is 4.94. The van der Waals surface area contributed by atoms with Gasteiger partial charge in [-0.3, -0.25) is 23.7 Å². The largest absolute Gasteiger partial charge is 0.458 e. The molecule has 2 aliphatic rings. The van der Waals surface area contributed by atoms with Crippen LogP contribution in [-0.2, 0) is 25.7 Å². The molecule has 2 unspecified atom stereocenters. The number of amides is 2. The van der Waals surface area contributed by atoms with E-state index < -0.39 is 12.0 Å². The molecular formula is C21H23N3O5. The van der Waals surface area contributed by atoms with Gasteiger partial charge < -0.3 is 4.74 Å². The van der Waals surface area contributed by atoms with Gasteiger partial charge in [0.05, 0.1) is 17.5 Å². The lowest BCUT2D eigenvalue weighted by Crippen LogP contribution is -2.44. The Balaban J connectivity index is 1.47. The number of carbonyl (C=O) groups is 3. The van der Waals surface area contributed by atoms with Gasteiger partial charge in [0.25, 0.3) is 5.56 Å². The molecule has 0 spiro atoms. The van der Waals surface area contributed by atoms with Crippen molar-refractivity contribution >= 4 is 23.4 Å². The average Bonchev–Trinajstić information content (AvgIpc) is 2.96. The first kappa shape index (κ1) is 19.3. The van der Waals surface area contributed by atoms with Crippen LogP contribution in [0, 0.1) is 18.8 Å². The zero-order chi connectivity index (χ0) is 20.7. The Morgan fingerprint density at radius 1 is 1.17 bits per heavy atom. The molecule has 1 aliphatic carbocycles. The van der Waals surface area contributed by atoms with Crippen LogP contribution < -0.4 is 5.56 Å². The maximum atomic E-state index is 12.6. The van der Waals surface area contributed by atoms with Crippen LogP contribution >= 0.6 is 0 Å². The molecule has 8 nitrogen and oxygen atoms in total. The monoisotopic (exact) mass is 397 g/mol. The van der Waals surface area contributed by atoms with Crippen LogP contribution in [0.25, 0.3) is 5.65 Å². The minimum Gasteiger partial charge on any atom is -0.458 e.